The highest BCUT2D eigenvalue weighted by Gasteiger charge is 2.17. The smallest absolute Gasteiger partial charge is 0.249 e. The minimum absolute atomic E-state index is 0.325. The molecule has 5 heteroatoms. The lowest BCUT2D eigenvalue weighted by Crippen LogP contribution is -2.11. The number of benzene rings is 2. The van der Waals surface area contributed by atoms with Gasteiger partial charge in [0.05, 0.1) is 30.1 Å². The Balaban J connectivity index is 2.11. The van der Waals surface area contributed by atoms with Crippen LogP contribution in [0.3, 0.4) is 0 Å². The van der Waals surface area contributed by atoms with Crippen molar-refractivity contribution in [2.24, 2.45) is 5.73 Å². The van der Waals surface area contributed by atoms with E-state index in [4.69, 9.17) is 10.2 Å². The number of primary amides is 1. The highest BCUT2D eigenvalue weighted by atomic mass is 19.1. The first-order valence-corrected chi connectivity index (χ1v) is 7.16. The molecule has 0 spiro atoms. The monoisotopic (exact) mass is 308 g/mol. The SMILES string of the molecule is NC(=O)c1cccc2c1c1ccc(F)cc1n2Cc1ccoc1. The molecule has 2 heterocycles. The van der Waals surface area contributed by atoms with Gasteiger partial charge in [0.1, 0.15) is 5.82 Å². The first-order valence-electron chi connectivity index (χ1n) is 7.16. The van der Waals surface area contributed by atoms with E-state index in [1.54, 1.807) is 30.7 Å². The second kappa shape index (κ2) is 4.98. The van der Waals surface area contributed by atoms with Gasteiger partial charge in [-0.1, -0.05) is 6.07 Å². The molecule has 0 saturated carbocycles. The topological polar surface area (TPSA) is 61.2 Å². The molecule has 0 atom stereocenters. The zero-order chi connectivity index (χ0) is 16.0. The highest BCUT2D eigenvalue weighted by Crippen LogP contribution is 2.32. The van der Waals surface area contributed by atoms with E-state index in [9.17, 15) is 9.18 Å². The van der Waals surface area contributed by atoms with Crippen LogP contribution >= 0.6 is 0 Å². The third-order valence-corrected chi connectivity index (χ3v) is 4.04. The molecule has 4 rings (SSSR count). The van der Waals surface area contributed by atoms with Crippen LogP contribution in [0.2, 0.25) is 0 Å². The summed E-state index contributed by atoms with van der Waals surface area (Å²) in [5.74, 6) is -0.823. The summed E-state index contributed by atoms with van der Waals surface area (Å²) in [6, 6.07) is 11.8. The lowest BCUT2D eigenvalue weighted by atomic mass is 10.1. The van der Waals surface area contributed by atoms with Crippen LogP contribution in [0.25, 0.3) is 21.8 Å². The average Bonchev–Trinajstić information content (AvgIpc) is 3.14. The quantitative estimate of drug-likeness (QED) is 0.627. The number of nitrogens with two attached hydrogens (primary N) is 1. The number of hydrogen-bond donors (Lipinski definition) is 1. The maximum absolute atomic E-state index is 13.8. The van der Waals surface area contributed by atoms with Crippen LogP contribution in [-0.4, -0.2) is 10.5 Å². The molecule has 114 valence electrons. The molecular formula is C18H13FN2O2. The Morgan fingerprint density at radius 1 is 1.17 bits per heavy atom. The number of nitrogens with zero attached hydrogens (tertiary/aromatic N) is 1. The maximum atomic E-state index is 13.8. The van der Waals surface area contributed by atoms with Gasteiger partial charge in [-0.15, -0.1) is 0 Å². The van der Waals surface area contributed by atoms with E-state index in [1.807, 2.05) is 16.7 Å². The summed E-state index contributed by atoms with van der Waals surface area (Å²) >= 11 is 0. The second-order valence-corrected chi connectivity index (χ2v) is 5.44. The Bertz CT molecular complexity index is 1030. The van der Waals surface area contributed by atoms with Crippen molar-refractivity contribution in [1.29, 1.82) is 0 Å². The van der Waals surface area contributed by atoms with Gasteiger partial charge in [0.2, 0.25) is 5.91 Å². The van der Waals surface area contributed by atoms with Gasteiger partial charge in [-0.2, -0.15) is 0 Å². The average molecular weight is 308 g/mol. The predicted molar refractivity (Wildman–Crippen MR) is 85.7 cm³/mol. The summed E-state index contributed by atoms with van der Waals surface area (Å²) in [5.41, 5.74) is 8.45. The summed E-state index contributed by atoms with van der Waals surface area (Å²) in [5, 5.41) is 1.55. The fourth-order valence-electron chi connectivity index (χ4n) is 3.06. The number of carbonyl (C=O) groups excluding carboxylic acids is 1. The van der Waals surface area contributed by atoms with Gasteiger partial charge in [0.25, 0.3) is 0 Å². The van der Waals surface area contributed by atoms with Gasteiger partial charge >= 0.3 is 0 Å². The largest absolute Gasteiger partial charge is 0.472 e. The van der Waals surface area contributed by atoms with E-state index in [0.29, 0.717) is 12.1 Å². The van der Waals surface area contributed by atoms with Crippen LogP contribution < -0.4 is 5.73 Å². The molecule has 4 nitrogen and oxygen atoms in total. The van der Waals surface area contributed by atoms with Crippen LogP contribution in [0.4, 0.5) is 4.39 Å². The van der Waals surface area contributed by atoms with Crippen LogP contribution in [-0.2, 0) is 6.54 Å². The van der Waals surface area contributed by atoms with Crippen molar-refractivity contribution in [3.8, 4) is 0 Å². The van der Waals surface area contributed by atoms with E-state index in [1.165, 1.54) is 12.1 Å². The minimum atomic E-state index is -0.498. The Kier molecular flexibility index (Phi) is 2.94. The fraction of sp³-hybridized carbons (Fsp3) is 0.0556. The van der Waals surface area contributed by atoms with Crippen molar-refractivity contribution in [1.82, 2.24) is 4.57 Å². The maximum Gasteiger partial charge on any atom is 0.249 e. The summed E-state index contributed by atoms with van der Waals surface area (Å²) in [6.07, 6.45) is 3.24. The summed E-state index contributed by atoms with van der Waals surface area (Å²) in [4.78, 5) is 11.8. The van der Waals surface area contributed by atoms with E-state index < -0.39 is 5.91 Å². The normalized spacial score (nSPS) is 11.3. The number of fused-ring (bicyclic) bond motifs is 3. The van der Waals surface area contributed by atoms with E-state index >= 15 is 0 Å². The number of hydrogen-bond acceptors (Lipinski definition) is 2. The third kappa shape index (κ3) is 2.09. The molecule has 4 aromatic rings. The lowest BCUT2D eigenvalue weighted by molar-refractivity contribution is 0.100. The summed E-state index contributed by atoms with van der Waals surface area (Å²) in [6.45, 7) is 0.516. The van der Waals surface area contributed by atoms with Crippen LogP contribution in [0, 0.1) is 5.82 Å². The number of carbonyl (C=O) groups is 1. The molecular weight excluding hydrogens is 295 g/mol. The van der Waals surface area contributed by atoms with Crippen molar-refractivity contribution in [2.75, 3.05) is 0 Å². The van der Waals surface area contributed by atoms with Gasteiger partial charge in [-0.3, -0.25) is 4.79 Å². The molecule has 0 aliphatic carbocycles. The van der Waals surface area contributed by atoms with Crippen molar-refractivity contribution in [3.05, 3.63) is 71.9 Å². The molecule has 0 aliphatic rings. The molecule has 23 heavy (non-hydrogen) atoms. The van der Waals surface area contributed by atoms with E-state index in [-0.39, 0.29) is 5.82 Å². The van der Waals surface area contributed by atoms with Crippen LogP contribution in [0.15, 0.2) is 59.4 Å². The molecule has 0 unspecified atom stereocenters. The highest BCUT2D eigenvalue weighted by molar-refractivity contribution is 6.17. The number of aromatic nitrogens is 1. The minimum Gasteiger partial charge on any atom is -0.472 e. The zero-order valence-corrected chi connectivity index (χ0v) is 12.1. The Hall–Kier alpha value is -3.08. The van der Waals surface area contributed by atoms with Gasteiger partial charge in [0, 0.05) is 21.9 Å². The van der Waals surface area contributed by atoms with Crippen LogP contribution in [0.5, 0.6) is 0 Å². The molecule has 0 bridgehead atoms. The standard InChI is InChI=1S/C18H13FN2O2/c19-12-4-5-13-16(8-12)21(9-11-6-7-23-10-11)15-3-1-2-14(17(13)15)18(20)22/h1-8,10H,9H2,(H2,20,22). The molecule has 2 aromatic carbocycles. The predicted octanol–water partition coefficient (Wildman–Crippen LogP) is 3.67. The van der Waals surface area contributed by atoms with Crippen molar-refractivity contribution in [2.45, 2.75) is 6.54 Å². The Labute approximate surface area is 130 Å². The third-order valence-electron chi connectivity index (χ3n) is 4.04. The molecule has 1 amide bonds. The van der Waals surface area contributed by atoms with Gasteiger partial charge < -0.3 is 14.7 Å². The molecule has 0 aliphatic heterocycles. The molecule has 0 fully saturated rings. The first-order chi connectivity index (χ1) is 11.1. The van der Waals surface area contributed by atoms with Crippen molar-refractivity contribution in [3.63, 3.8) is 0 Å². The second-order valence-electron chi connectivity index (χ2n) is 5.44. The lowest BCUT2D eigenvalue weighted by Gasteiger charge is -2.06. The van der Waals surface area contributed by atoms with Crippen molar-refractivity contribution < 1.29 is 13.6 Å². The van der Waals surface area contributed by atoms with E-state index in [0.717, 1.165) is 27.4 Å². The van der Waals surface area contributed by atoms with Crippen molar-refractivity contribution >= 4 is 27.7 Å². The molecule has 2 N–H and O–H groups in total. The summed E-state index contributed by atoms with van der Waals surface area (Å²) < 4.78 is 20.8. The number of rotatable bonds is 3. The molecule has 0 radical (unpaired) electrons. The van der Waals surface area contributed by atoms with E-state index in [2.05, 4.69) is 0 Å². The van der Waals surface area contributed by atoms with Gasteiger partial charge in [-0.25, -0.2) is 4.39 Å². The zero-order valence-electron chi connectivity index (χ0n) is 12.1. The molecule has 2 aromatic heterocycles. The van der Waals surface area contributed by atoms with Gasteiger partial charge in [-0.05, 0) is 36.4 Å². The summed E-state index contributed by atoms with van der Waals surface area (Å²) in [7, 11) is 0. The number of halogens is 1. The van der Waals surface area contributed by atoms with Crippen LogP contribution in [0.1, 0.15) is 15.9 Å². The molecule has 0 saturated heterocycles. The number of amides is 1. The fourth-order valence-corrected chi connectivity index (χ4v) is 3.06. The number of furan rings is 1. The van der Waals surface area contributed by atoms with Gasteiger partial charge in [0.15, 0.2) is 0 Å². The Morgan fingerprint density at radius 2 is 2.04 bits per heavy atom. The first kappa shape index (κ1) is 13.6. The Morgan fingerprint density at radius 3 is 2.78 bits per heavy atom.